The molecule has 0 bridgehead atoms. The minimum atomic E-state index is -0.315. The summed E-state index contributed by atoms with van der Waals surface area (Å²) in [5.41, 5.74) is 9.38. The summed E-state index contributed by atoms with van der Waals surface area (Å²) in [5, 5.41) is 0. The summed E-state index contributed by atoms with van der Waals surface area (Å²) in [6, 6.07) is 39.5. The van der Waals surface area contributed by atoms with E-state index in [4.69, 9.17) is 0 Å². The topological polar surface area (TPSA) is 7.76 Å². The van der Waals surface area contributed by atoms with E-state index in [0.717, 1.165) is 18.4 Å². The van der Waals surface area contributed by atoms with Crippen LogP contribution < -0.4 is 9.13 Å². The molecule has 0 saturated carbocycles. The Morgan fingerprint density at radius 1 is 0.641 bits per heavy atom. The monoisotopic (exact) mass is 508 g/mol. The second-order valence-electron chi connectivity index (χ2n) is 10.7. The van der Waals surface area contributed by atoms with Crippen LogP contribution in [0.2, 0.25) is 0 Å². The third-order valence-electron chi connectivity index (χ3n) is 9.06. The molecule has 2 aromatic heterocycles. The summed E-state index contributed by atoms with van der Waals surface area (Å²) in [4.78, 5) is 0. The first kappa shape index (κ1) is 25.0. The number of hydrogen-bond donors (Lipinski definition) is 0. The van der Waals surface area contributed by atoms with Gasteiger partial charge in [-0.05, 0) is 47.0 Å². The quantitative estimate of drug-likeness (QED) is 0.204. The second kappa shape index (κ2) is 9.78. The molecule has 2 unspecified atom stereocenters. The molecule has 0 spiro atoms. The van der Waals surface area contributed by atoms with Gasteiger partial charge >= 0.3 is 0 Å². The van der Waals surface area contributed by atoms with Gasteiger partial charge in [-0.3, -0.25) is 0 Å². The molecule has 0 aliphatic carbocycles. The summed E-state index contributed by atoms with van der Waals surface area (Å²) >= 11 is 0. The number of rotatable bonds is 6. The summed E-state index contributed by atoms with van der Waals surface area (Å²) in [7, 11) is 0. The maximum atomic E-state index is 4.23. The molecule has 39 heavy (non-hydrogen) atoms. The minimum Gasteiger partial charge on any atom is -0.185 e. The first-order chi connectivity index (χ1) is 19.1. The highest BCUT2D eigenvalue weighted by Crippen LogP contribution is 2.48. The average Bonchev–Trinajstić information content (AvgIpc) is 3.02. The Labute approximate surface area is 232 Å². The molecule has 1 aliphatic heterocycles. The molecule has 3 aromatic carbocycles. The lowest BCUT2D eigenvalue weighted by Gasteiger charge is -2.44. The highest BCUT2D eigenvalue weighted by Gasteiger charge is 2.66. The number of fused-ring (bicyclic) bond motifs is 3. The van der Waals surface area contributed by atoms with Crippen molar-refractivity contribution >= 4 is 6.08 Å². The van der Waals surface area contributed by atoms with Crippen LogP contribution in [0.25, 0.3) is 39.7 Å². The van der Waals surface area contributed by atoms with Gasteiger partial charge in [0.1, 0.15) is 0 Å². The lowest BCUT2D eigenvalue weighted by atomic mass is 9.64. The number of benzene rings is 3. The fraction of sp³-hybridized carbons (Fsp3) is 0.189. The van der Waals surface area contributed by atoms with Gasteiger partial charge in [0.2, 0.25) is 16.9 Å². The van der Waals surface area contributed by atoms with Crippen molar-refractivity contribution in [2.45, 2.75) is 44.7 Å². The fourth-order valence-corrected chi connectivity index (χ4v) is 7.01. The minimum absolute atomic E-state index is 0.203. The summed E-state index contributed by atoms with van der Waals surface area (Å²) < 4.78 is 5.08. The Bertz CT molecular complexity index is 1670. The van der Waals surface area contributed by atoms with E-state index < -0.39 is 0 Å². The molecular weight excluding hydrogens is 472 g/mol. The Kier molecular flexibility index (Phi) is 6.27. The van der Waals surface area contributed by atoms with Gasteiger partial charge in [-0.2, -0.15) is 9.13 Å². The van der Waals surface area contributed by atoms with Gasteiger partial charge in [0, 0.05) is 49.6 Å². The van der Waals surface area contributed by atoms with Crippen molar-refractivity contribution in [1.29, 1.82) is 0 Å². The van der Waals surface area contributed by atoms with Crippen LogP contribution >= 0.6 is 0 Å². The number of aromatic nitrogens is 2. The van der Waals surface area contributed by atoms with E-state index >= 15 is 0 Å². The summed E-state index contributed by atoms with van der Waals surface area (Å²) in [6.07, 6.45) is 8.49. The van der Waals surface area contributed by atoms with Crippen LogP contribution in [0.4, 0.5) is 0 Å². The maximum Gasteiger partial charge on any atom is 0.257 e. The zero-order valence-electron chi connectivity index (χ0n) is 23.1. The molecule has 1 aliphatic rings. The van der Waals surface area contributed by atoms with Crippen LogP contribution in [0.1, 0.15) is 44.7 Å². The molecule has 0 saturated heterocycles. The van der Waals surface area contributed by atoms with Crippen molar-refractivity contribution in [3.05, 3.63) is 139 Å². The van der Waals surface area contributed by atoms with Gasteiger partial charge in [0.25, 0.3) is 5.54 Å². The van der Waals surface area contributed by atoms with E-state index in [9.17, 15) is 0 Å². The number of nitrogens with zero attached hydrogens (tertiary/aromatic N) is 2. The van der Waals surface area contributed by atoms with Crippen LogP contribution in [0.3, 0.4) is 0 Å². The highest BCUT2D eigenvalue weighted by molar-refractivity contribution is 5.77. The van der Waals surface area contributed by atoms with Crippen molar-refractivity contribution in [3.63, 3.8) is 0 Å². The van der Waals surface area contributed by atoms with Gasteiger partial charge in [0.05, 0.1) is 11.1 Å². The van der Waals surface area contributed by atoms with Crippen LogP contribution in [0, 0.1) is 0 Å². The lowest BCUT2D eigenvalue weighted by Crippen LogP contribution is -2.78. The third-order valence-corrected chi connectivity index (χ3v) is 9.06. The van der Waals surface area contributed by atoms with E-state index in [1.807, 2.05) is 6.08 Å². The molecule has 0 N–H and O–H groups in total. The van der Waals surface area contributed by atoms with Crippen molar-refractivity contribution < 1.29 is 9.13 Å². The molecular formula is C37H36N2+2. The molecule has 3 heterocycles. The van der Waals surface area contributed by atoms with Crippen molar-refractivity contribution in [3.8, 4) is 33.6 Å². The Hall–Kier alpha value is -4.30. The smallest absolute Gasteiger partial charge is 0.185 e. The van der Waals surface area contributed by atoms with E-state index in [2.05, 4.69) is 158 Å². The number of pyridine rings is 2. The lowest BCUT2D eigenvalue weighted by molar-refractivity contribution is -0.864. The van der Waals surface area contributed by atoms with Gasteiger partial charge in [0.15, 0.2) is 12.4 Å². The molecule has 2 nitrogen and oxygen atoms in total. The summed E-state index contributed by atoms with van der Waals surface area (Å²) in [5.74, 6) is 0. The van der Waals surface area contributed by atoms with E-state index in [-0.39, 0.29) is 11.1 Å². The molecule has 0 radical (unpaired) electrons. The van der Waals surface area contributed by atoms with Crippen molar-refractivity contribution in [2.24, 2.45) is 0 Å². The molecule has 2 atom stereocenters. The van der Waals surface area contributed by atoms with Gasteiger partial charge in [-0.25, -0.2) is 0 Å². The predicted octanol–water partition coefficient (Wildman–Crippen LogP) is 8.20. The molecule has 2 heteroatoms. The largest absolute Gasteiger partial charge is 0.257 e. The molecule has 5 aromatic rings. The zero-order chi connectivity index (χ0) is 27.0. The Morgan fingerprint density at radius 2 is 1.28 bits per heavy atom. The Morgan fingerprint density at radius 3 is 1.97 bits per heavy atom. The van der Waals surface area contributed by atoms with Crippen LogP contribution in [-0.4, -0.2) is 0 Å². The SMILES string of the molecule is C=Cc1cc(-c2ccccc2)ccc1-c1cccc[n+]1C1(CC)c2ccccc2-c2cccc[n+]2C1(C)CC. The first-order valence-corrected chi connectivity index (χ1v) is 14.0. The van der Waals surface area contributed by atoms with Crippen LogP contribution in [-0.2, 0) is 11.1 Å². The van der Waals surface area contributed by atoms with E-state index in [0.29, 0.717) is 0 Å². The third kappa shape index (κ3) is 3.62. The van der Waals surface area contributed by atoms with Gasteiger partial charge in [-0.1, -0.05) is 81.1 Å². The van der Waals surface area contributed by atoms with Gasteiger partial charge in [-0.15, -0.1) is 0 Å². The van der Waals surface area contributed by atoms with Crippen LogP contribution in [0.15, 0.2) is 128 Å². The molecule has 0 fully saturated rings. The predicted molar refractivity (Wildman–Crippen MR) is 161 cm³/mol. The first-order valence-electron chi connectivity index (χ1n) is 14.0. The van der Waals surface area contributed by atoms with Gasteiger partial charge < -0.3 is 0 Å². The molecule has 192 valence electrons. The standard InChI is InChI=1S/C37H36N2/c1-5-28-27-30(29-17-9-8-10-18-29)23-24-31(28)34-21-14-16-26-39(34)37(7-3)33-20-12-11-19-32(33)35-22-13-15-25-38(35)36(37,4)6-2/h5,8-27H,1,6-7H2,2-4H3/q+2. The number of hydrogen-bond acceptors (Lipinski definition) is 0. The average molecular weight is 509 g/mol. The summed E-state index contributed by atoms with van der Waals surface area (Å²) in [6.45, 7) is 11.3. The normalized spacial score (nSPS) is 19.7. The zero-order valence-corrected chi connectivity index (χ0v) is 23.1. The van der Waals surface area contributed by atoms with E-state index in [1.54, 1.807) is 0 Å². The second-order valence-corrected chi connectivity index (χ2v) is 10.7. The maximum absolute atomic E-state index is 4.23. The molecule has 0 amide bonds. The van der Waals surface area contributed by atoms with Crippen molar-refractivity contribution in [1.82, 2.24) is 0 Å². The van der Waals surface area contributed by atoms with Crippen LogP contribution in [0.5, 0.6) is 0 Å². The molecule has 6 rings (SSSR count). The highest BCUT2D eigenvalue weighted by atomic mass is 15.2. The van der Waals surface area contributed by atoms with E-state index in [1.165, 1.54) is 39.2 Å². The Balaban J connectivity index is 1.65. The fourth-order valence-electron chi connectivity index (χ4n) is 7.01. The van der Waals surface area contributed by atoms with Crippen molar-refractivity contribution in [2.75, 3.05) is 0 Å².